The zero-order valence-electron chi connectivity index (χ0n) is 24.1. The Balaban J connectivity index is 1.83. The lowest BCUT2D eigenvalue weighted by Crippen LogP contribution is -2.36. The second kappa shape index (κ2) is 14.5. The summed E-state index contributed by atoms with van der Waals surface area (Å²) in [5, 5.41) is 14.7. The average Bonchev–Trinajstić information content (AvgIpc) is 2.93. The van der Waals surface area contributed by atoms with Crippen LogP contribution in [0, 0.1) is 5.92 Å². The van der Waals surface area contributed by atoms with Gasteiger partial charge in [0.05, 0.1) is 22.4 Å². The number of thioether (sulfide) groups is 1. The van der Waals surface area contributed by atoms with Gasteiger partial charge in [0.1, 0.15) is 0 Å². The van der Waals surface area contributed by atoms with Crippen LogP contribution in [-0.4, -0.2) is 22.6 Å². The highest BCUT2D eigenvalue weighted by molar-refractivity contribution is 8.05. The van der Waals surface area contributed by atoms with E-state index >= 15 is 0 Å². The lowest BCUT2D eigenvalue weighted by molar-refractivity contribution is -0.137. The fourth-order valence-corrected chi connectivity index (χ4v) is 5.36. The van der Waals surface area contributed by atoms with Crippen molar-refractivity contribution in [1.29, 1.82) is 0 Å². The molecular weight excluding hydrogens is 598 g/mol. The normalized spacial score (nSPS) is 17.1. The molecule has 0 fully saturated rings. The molecule has 3 atom stereocenters. The Labute approximate surface area is 256 Å². The number of aliphatic hydroxyl groups excluding tert-OH is 1. The number of allylic oxidation sites excluding steroid dienone is 3. The Kier molecular flexibility index (Phi) is 11.5. The van der Waals surface area contributed by atoms with Crippen molar-refractivity contribution < 1.29 is 27.1 Å². The van der Waals surface area contributed by atoms with Gasteiger partial charge in [-0.1, -0.05) is 96.2 Å². The van der Waals surface area contributed by atoms with Crippen molar-refractivity contribution in [3.63, 3.8) is 0 Å². The Morgan fingerprint density at radius 2 is 1.63 bits per heavy atom. The second-order valence-electron chi connectivity index (χ2n) is 10.4. The molecule has 230 valence electrons. The van der Waals surface area contributed by atoms with Gasteiger partial charge in [-0.25, -0.2) is 0 Å². The first kappa shape index (κ1) is 34.2. The van der Waals surface area contributed by atoms with Crippen molar-refractivity contribution in [3.05, 3.63) is 131 Å². The van der Waals surface area contributed by atoms with Crippen LogP contribution in [0.4, 0.5) is 22.0 Å². The van der Waals surface area contributed by atoms with E-state index in [9.17, 15) is 27.1 Å². The molecule has 0 heterocycles. The summed E-state index contributed by atoms with van der Waals surface area (Å²) < 4.78 is 68.5. The van der Waals surface area contributed by atoms with E-state index in [0.717, 1.165) is 29.0 Å². The highest BCUT2D eigenvalue weighted by Gasteiger charge is 2.34. The number of halogens is 5. The first-order chi connectivity index (χ1) is 20.1. The van der Waals surface area contributed by atoms with Crippen molar-refractivity contribution in [1.82, 2.24) is 10.2 Å². The number of hydrogen-bond acceptors (Lipinski definition) is 4. The first-order valence-electron chi connectivity index (χ1n) is 13.5. The van der Waals surface area contributed by atoms with Gasteiger partial charge in [-0.15, -0.1) is 0 Å². The standard InChI is InChI=1S/C33H36F5N2OPS/c1-21-8-6-7-9-31(21)40(19-26-10-12-27(13-11-26)24(4)39-15-14-23(3)41)25(5)43-20-22(2)28-16-29(32(34,35)36)18-30(17-28)33(37,38)42/h6-13,16-18,20-21,31,39,41H,3-5,14-15,19,42H2,1-2H3/b22-20+. The van der Waals surface area contributed by atoms with E-state index in [0.29, 0.717) is 36.2 Å². The monoisotopic (exact) mass is 634 g/mol. The molecule has 10 heteroatoms. The van der Waals surface area contributed by atoms with Crippen LogP contribution in [0.25, 0.3) is 11.3 Å². The molecule has 0 saturated heterocycles. The summed E-state index contributed by atoms with van der Waals surface area (Å²) in [5.74, 6) is 0.258. The van der Waals surface area contributed by atoms with Gasteiger partial charge in [0.15, 0.2) is 0 Å². The molecule has 2 N–H and O–H groups in total. The van der Waals surface area contributed by atoms with Gasteiger partial charge in [-0.2, -0.15) is 22.0 Å². The molecule has 2 aromatic carbocycles. The fraction of sp³-hybridized carbons (Fsp3) is 0.273. The van der Waals surface area contributed by atoms with E-state index in [1.807, 2.05) is 36.4 Å². The van der Waals surface area contributed by atoms with Crippen LogP contribution < -0.4 is 5.32 Å². The largest absolute Gasteiger partial charge is 0.513 e. The highest BCUT2D eigenvalue weighted by Crippen LogP contribution is 2.41. The lowest BCUT2D eigenvalue weighted by Gasteiger charge is -2.36. The second-order valence-corrected chi connectivity index (χ2v) is 12.1. The molecule has 0 saturated carbocycles. The minimum atomic E-state index is -4.77. The molecule has 3 nitrogen and oxygen atoms in total. The van der Waals surface area contributed by atoms with E-state index in [4.69, 9.17) is 0 Å². The smallest absolute Gasteiger partial charge is 0.416 e. The molecule has 0 bridgehead atoms. The summed E-state index contributed by atoms with van der Waals surface area (Å²) in [6.07, 6.45) is 3.75. The maximum Gasteiger partial charge on any atom is 0.416 e. The van der Waals surface area contributed by atoms with Crippen molar-refractivity contribution in [2.45, 2.75) is 44.7 Å². The van der Waals surface area contributed by atoms with Gasteiger partial charge in [0.25, 0.3) is 5.66 Å². The van der Waals surface area contributed by atoms with Crippen LogP contribution in [0.15, 0.2) is 103 Å². The van der Waals surface area contributed by atoms with Crippen LogP contribution >= 0.6 is 21.0 Å². The van der Waals surface area contributed by atoms with E-state index in [-0.39, 0.29) is 23.3 Å². The van der Waals surface area contributed by atoms with Gasteiger partial charge in [0.2, 0.25) is 0 Å². The van der Waals surface area contributed by atoms with Gasteiger partial charge in [-0.3, -0.25) is 0 Å². The van der Waals surface area contributed by atoms with Crippen molar-refractivity contribution in [2.24, 2.45) is 5.92 Å². The van der Waals surface area contributed by atoms with Crippen LogP contribution in [0.2, 0.25) is 0 Å². The third-order valence-corrected chi connectivity index (χ3v) is 8.24. The summed E-state index contributed by atoms with van der Waals surface area (Å²) in [6, 6.07) is 10.3. The molecule has 0 amide bonds. The molecule has 1 aliphatic carbocycles. The number of alkyl halides is 5. The molecule has 3 unspecified atom stereocenters. The number of rotatable bonds is 13. The van der Waals surface area contributed by atoms with E-state index in [1.54, 1.807) is 12.3 Å². The molecule has 0 radical (unpaired) electrons. The Hall–Kier alpha value is -3.29. The third kappa shape index (κ3) is 9.87. The minimum absolute atomic E-state index is 0.0300. The van der Waals surface area contributed by atoms with E-state index in [1.165, 1.54) is 21.0 Å². The van der Waals surface area contributed by atoms with Gasteiger partial charge in [-0.05, 0) is 58.7 Å². The molecule has 2 aromatic rings. The number of aliphatic hydroxyl groups is 1. The highest BCUT2D eigenvalue weighted by atomic mass is 32.2. The summed E-state index contributed by atoms with van der Waals surface area (Å²) in [4.78, 5) is 2.11. The average molecular weight is 635 g/mol. The summed E-state index contributed by atoms with van der Waals surface area (Å²) in [7, 11) is 1.29. The number of nitrogens with one attached hydrogen (secondary N) is 1. The SMILES string of the molecule is C=C(O)CCNC(=C)c1ccc(CN(C(=C)S/C=C(\C)c2cc(C(F)(F)F)cc(C(F)(F)P)c2)C2C=CC=CC2C)cc1. The van der Waals surface area contributed by atoms with Crippen LogP contribution in [-0.2, 0) is 18.4 Å². The molecule has 43 heavy (non-hydrogen) atoms. The maximum atomic E-state index is 14.0. The maximum absolute atomic E-state index is 14.0. The Bertz CT molecular complexity index is 1390. The predicted octanol–water partition coefficient (Wildman–Crippen LogP) is 9.85. The molecule has 0 aliphatic heterocycles. The number of hydrogen-bond donors (Lipinski definition) is 2. The van der Waals surface area contributed by atoms with Crippen LogP contribution in [0.5, 0.6) is 0 Å². The third-order valence-electron chi connectivity index (χ3n) is 6.93. The molecule has 1 aliphatic rings. The van der Waals surface area contributed by atoms with Crippen molar-refractivity contribution in [3.8, 4) is 0 Å². The van der Waals surface area contributed by atoms with E-state index < -0.39 is 23.0 Å². The van der Waals surface area contributed by atoms with Gasteiger partial charge >= 0.3 is 6.18 Å². The van der Waals surface area contributed by atoms with Gasteiger partial charge < -0.3 is 15.3 Å². The minimum Gasteiger partial charge on any atom is -0.513 e. The summed E-state index contributed by atoms with van der Waals surface area (Å²) >= 11 is 1.23. The Morgan fingerprint density at radius 1 is 1.00 bits per heavy atom. The molecule has 0 spiro atoms. The van der Waals surface area contributed by atoms with E-state index in [2.05, 4.69) is 49.0 Å². The quantitative estimate of drug-likeness (QED) is 0.131. The predicted molar refractivity (Wildman–Crippen MR) is 172 cm³/mol. The van der Waals surface area contributed by atoms with Crippen LogP contribution in [0.3, 0.4) is 0 Å². The van der Waals surface area contributed by atoms with Crippen LogP contribution in [0.1, 0.15) is 48.1 Å². The van der Waals surface area contributed by atoms with Crippen molar-refractivity contribution in [2.75, 3.05) is 6.54 Å². The fourth-order valence-electron chi connectivity index (χ4n) is 4.43. The molecule has 3 rings (SSSR count). The first-order valence-corrected chi connectivity index (χ1v) is 14.9. The topological polar surface area (TPSA) is 35.5 Å². The van der Waals surface area contributed by atoms with Crippen molar-refractivity contribution >= 4 is 32.3 Å². The summed E-state index contributed by atoms with van der Waals surface area (Å²) in [6.45, 7) is 16.5. The zero-order chi connectivity index (χ0) is 31.9. The molecule has 0 aromatic heterocycles. The zero-order valence-corrected chi connectivity index (χ0v) is 26.1. The number of benzene rings is 2. The summed E-state index contributed by atoms with van der Waals surface area (Å²) in [5.41, 5.74) is -2.29. The molecular formula is C33H36F5N2OPS. The Morgan fingerprint density at radius 3 is 2.21 bits per heavy atom. The van der Waals surface area contributed by atoms with Gasteiger partial charge in [0, 0.05) is 30.8 Å². The lowest BCUT2D eigenvalue weighted by atomic mass is 9.95. The number of nitrogens with zero attached hydrogens (tertiary/aromatic N) is 1.